The van der Waals surface area contributed by atoms with E-state index in [1.807, 2.05) is 13.8 Å². The zero-order chi connectivity index (χ0) is 16.6. The molecule has 1 aromatic carbocycles. The van der Waals surface area contributed by atoms with Gasteiger partial charge >= 0.3 is 0 Å². The molecule has 0 fully saturated rings. The fourth-order valence-corrected chi connectivity index (χ4v) is 3.28. The molecule has 1 aliphatic heterocycles. The number of hydrogen-bond acceptors (Lipinski definition) is 5. The fourth-order valence-electron chi connectivity index (χ4n) is 2.38. The van der Waals surface area contributed by atoms with Crippen molar-refractivity contribution < 1.29 is 14.3 Å². The van der Waals surface area contributed by atoms with Crippen LogP contribution in [0.3, 0.4) is 0 Å². The third kappa shape index (κ3) is 2.92. The Hall–Kier alpha value is -2.41. The van der Waals surface area contributed by atoms with Gasteiger partial charge in [0.2, 0.25) is 0 Å². The highest BCUT2D eigenvalue weighted by atomic mass is 32.1. The zero-order valence-corrected chi connectivity index (χ0v) is 13.9. The van der Waals surface area contributed by atoms with Crippen molar-refractivity contribution in [2.45, 2.75) is 33.3 Å². The van der Waals surface area contributed by atoms with Crippen LogP contribution < -0.4 is 15.4 Å². The topological polar surface area (TPSA) is 80.3 Å². The number of para-hydroxylation sites is 1. The first kappa shape index (κ1) is 15.5. The van der Waals surface area contributed by atoms with E-state index in [2.05, 4.69) is 15.6 Å². The van der Waals surface area contributed by atoms with Crippen LogP contribution >= 0.6 is 11.3 Å². The minimum absolute atomic E-state index is 0.224. The van der Waals surface area contributed by atoms with Gasteiger partial charge in [0, 0.05) is 4.88 Å². The molecule has 2 heterocycles. The van der Waals surface area contributed by atoms with Crippen LogP contribution in [0.1, 0.15) is 34.8 Å². The molecule has 0 saturated heterocycles. The SMILES string of the molecule is CCc1nc(NC(=O)c2cccc3c2OC(C)C(=O)N3)sc1C. The average molecular weight is 331 g/mol. The van der Waals surface area contributed by atoms with Crippen LogP contribution in [0.5, 0.6) is 5.75 Å². The average Bonchev–Trinajstić information content (AvgIpc) is 2.87. The van der Waals surface area contributed by atoms with Gasteiger partial charge in [-0.25, -0.2) is 4.98 Å². The third-order valence-corrected chi connectivity index (χ3v) is 4.56. The van der Waals surface area contributed by atoms with Gasteiger partial charge in [-0.1, -0.05) is 13.0 Å². The first-order chi connectivity index (χ1) is 11.0. The second-order valence-corrected chi connectivity index (χ2v) is 6.46. The predicted molar refractivity (Wildman–Crippen MR) is 89.3 cm³/mol. The zero-order valence-electron chi connectivity index (χ0n) is 13.1. The summed E-state index contributed by atoms with van der Waals surface area (Å²) in [5.41, 5.74) is 1.86. The Bertz CT molecular complexity index is 785. The molecule has 2 aromatic rings. The van der Waals surface area contributed by atoms with E-state index in [0.29, 0.717) is 22.1 Å². The van der Waals surface area contributed by atoms with Crippen molar-refractivity contribution in [3.63, 3.8) is 0 Å². The molecule has 1 aromatic heterocycles. The van der Waals surface area contributed by atoms with E-state index in [1.165, 1.54) is 11.3 Å². The Labute approximate surface area is 137 Å². The Balaban J connectivity index is 1.88. The molecule has 3 rings (SSSR count). The largest absolute Gasteiger partial charge is 0.478 e. The first-order valence-electron chi connectivity index (χ1n) is 7.37. The van der Waals surface area contributed by atoms with E-state index < -0.39 is 6.10 Å². The van der Waals surface area contributed by atoms with E-state index in [4.69, 9.17) is 4.74 Å². The normalized spacial score (nSPS) is 16.3. The van der Waals surface area contributed by atoms with Crippen LogP contribution in [-0.2, 0) is 11.2 Å². The number of benzene rings is 1. The first-order valence-corrected chi connectivity index (χ1v) is 8.19. The summed E-state index contributed by atoms with van der Waals surface area (Å²) in [5.74, 6) is -0.138. The fraction of sp³-hybridized carbons (Fsp3) is 0.312. The van der Waals surface area contributed by atoms with Gasteiger partial charge in [0.25, 0.3) is 11.8 Å². The summed E-state index contributed by atoms with van der Waals surface area (Å²) < 4.78 is 5.59. The van der Waals surface area contributed by atoms with Crippen molar-refractivity contribution in [2.75, 3.05) is 10.6 Å². The van der Waals surface area contributed by atoms with Crippen molar-refractivity contribution in [2.24, 2.45) is 0 Å². The Kier molecular flexibility index (Phi) is 4.04. The molecule has 1 unspecified atom stereocenters. The standard InChI is InChI=1S/C16H17N3O3S/c1-4-11-9(3)23-16(18-11)19-15(21)10-6-5-7-12-13(10)22-8(2)14(20)17-12/h5-8H,4H2,1-3H3,(H,17,20)(H,18,19,21). The lowest BCUT2D eigenvalue weighted by molar-refractivity contribution is -0.122. The Morgan fingerprint density at radius 2 is 2.26 bits per heavy atom. The third-order valence-electron chi connectivity index (χ3n) is 3.63. The van der Waals surface area contributed by atoms with Crippen LogP contribution in [0.25, 0.3) is 0 Å². The lowest BCUT2D eigenvalue weighted by Gasteiger charge is -2.24. The van der Waals surface area contributed by atoms with Crippen molar-refractivity contribution in [1.29, 1.82) is 0 Å². The minimum Gasteiger partial charge on any atom is -0.478 e. The summed E-state index contributed by atoms with van der Waals surface area (Å²) in [7, 11) is 0. The van der Waals surface area contributed by atoms with Crippen molar-refractivity contribution >= 4 is 34.0 Å². The number of anilines is 2. The van der Waals surface area contributed by atoms with Gasteiger partial charge in [0.15, 0.2) is 17.0 Å². The molecule has 0 bridgehead atoms. The van der Waals surface area contributed by atoms with E-state index in [9.17, 15) is 9.59 Å². The monoisotopic (exact) mass is 331 g/mol. The summed E-state index contributed by atoms with van der Waals surface area (Å²) >= 11 is 1.45. The summed E-state index contributed by atoms with van der Waals surface area (Å²) in [6, 6.07) is 5.08. The molecule has 23 heavy (non-hydrogen) atoms. The molecule has 1 atom stereocenters. The van der Waals surface area contributed by atoms with Crippen LogP contribution in [-0.4, -0.2) is 22.9 Å². The van der Waals surface area contributed by atoms with Crippen molar-refractivity contribution in [1.82, 2.24) is 4.98 Å². The number of nitrogens with zero attached hydrogens (tertiary/aromatic N) is 1. The number of hydrogen-bond donors (Lipinski definition) is 2. The number of carbonyl (C=O) groups is 2. The van der Waals surface area contributed by atoms with Gasteiger partial charge < -0.3 is 10.1 Å². The second kappa shape index (κ2) is 6.00. The number of carbonyl (C=O) groups excluding carboxylic acids is 2. The van der Waals surface area contributed by atoms with Crippen LogP contribution in [0.2, 0.25) is 0 Å². The molecule has 0 aliphatic carbocycles. The number of ether oxygens (including phenoxy) is 1. The van der Waals surface area contributed by atoms with Gasteiger partial charge in [-0.3, -0.25) is 14.9 Å². The number of aryl methyl sites for hydroxylation is 2. The molecule has 0 saturated carbocycles. The van der Waals surface area contributed by atoms with Gasteiger partial charge in [0.1, 0.15) is 0 Å². The van der Waals surface area contributed by atoms with Crippen molar-refractivity contribution in [3.8, 4) is 5.75 Å². The Morgan fingerprint density at radius 1 is 1.48 bits per heavy atom. The number of fused-ring (bicyclic) bond motifs is 1. The lowest BCUT2D eigenvalue weighted by atomic mass is 10.1. The lowest BCUT2D eigenvalue weighted by Crippen LogP contribution is -2.35. The van der Waals surface area contributed by atoms with Gasteiger partial charge in [0.05, 0.1) is 16.9 Å². The molecule has 1 aliphatic rings. The predicted octanol–water partition coefficient (Wildman–Crippen LogP) is 2.99. The number of aromatic nitrogens is 1. The van der Waals surface area contributed by atoms with E-state index >= 15 is 0 Å². The van der Waals surface area contributed by atoms with Crippen LogP contribution in [0, 0.1) is 6.92 Å². The number of amides is 2. The minimum atomic E-state index is -0.634. The highest BCUT2D eigenvalue weighted by Gasteiger charge is 2.27. The molecule has 120 valence electrons. The summed E-state index contributed by atoms with van der Waals surface area (Å²) in [5, 5.41) is 6.10. The smallest absolute Gasteiger partial charge is 0.265 e. The molecular formula is C16H17N3O3S. The summed E-state index contributed by atoms with van der Waals surface area (Å²) in [6.07, 6.45) is 0.191. The van der Waals surface area contributed by atoms with Gasteiger partial charge in [-0.2, -0.15) is 0 Å². The van der Waals surface area contributed by atoms with Gasteiger partial charge in [-0.15, -0.1) is 11.3 Å². The van der Waals surface area contributed by atoms with E-state index in [0.717, 1.165) is 17.0 Å². The number of rotatable bonds is 3. The second-order valence-electron chi connectivity index (χ2n) is 5.26. The molecule has 7 heteroatoms. The maximum Gasteiger partial charge on any atom is 0.265 e. The highest BCUT2D eigenvalue weighted by molar-refractivity contribution is 7.15. The number of nitrogens with one attached hydrogen (secondary N) is 2. The summed E-state index contributed by atoms with van der Waals surface area (Å²) in [4.78, 5) is 29.7. The number of thiazole rings is 1. The molecule has 0 spiro atoms. The Morgan fingerprint density at radius 3 is 2.96 bits per heavy atom. The van der Waals surface area contributed by atoms with Crippen LogP contribution in [0.4, 0.5) is 10.8 Å². The van der Waals surface area contributed by atoms with E-state index in [-0.39, 0.29) is 11.8 Å². The van der Waals surface area contributed by atoms with Crippen LogP contribution in [0.15, 0.2) is 18.2 Å². The molecule has 2 amide bonds. The molecule has 2 N–H and O–H groups in total. The van der Waals surface area contributed by atoms with E-state index in [1.54, 1.807) is 25.1 Å². The quantitative estimate of drug-likeness (QED) is 0.906. The molecule has 0 radical (unpaired) electrons. The maximum absolute atomic E-state index is 12.5. The molecular weight excluding hydrogens is 314 g/mol. The van der Waals surface area contributed by atoms with Gasteiger partial charge in [-0.05, 0) is 32.4 Å². The maximum atomic E-state index is 12.5. The van der Waals surface area contributed by atoms with Crippen molar-refractivity contribution in [3.05, 3.63) is 34.3 Å². The highest BCUT2D eigenvalue weighted by Crippen LogP contribution is 2.34. The summed E-state index contributed by atoms with van der Waals surface area (Å²) in [6.45, 7) is 5.65. The molecule has 6 nitrogen and oxygen atoms in total.